The summed E-state index contributed by atoms with van der Waals surface area (Å²) in [4.78, 5) is 15.1. The Kier molecular flexibility index (Phi) is 4.63. The first-order chi connectivity index (χ1) is 5.86. The molecule has 0 spiro atoms. The maximum atomic E-state index is 11.1. The highest BCUT2D eigenvalue weighted by molar-refractivity contribution is 6.46. The fourth-order valence-corrected chi connectivity index (χ4v) is 0.769. The van der Waals surface area contributed by atoms with Crippen molar-refractivity contribution in [2.45, 2.75) is 27.7 Å². The van der Waals surface area contributed by atoms with Crippen LogP contribution in [-0.2, 0) is 4.79 Å². The number of halogens is 1. The number of allylic oxidation sites excluding steroid dienone is 2. The predicted molar refractivity (Wildman–Crippen MR) is 57.2 cm³/mol. The number of hydrogen-bond donors (Lipinski definition) is 0. The topological polar surface area (TPSA) is 29.4 Å². The molecule has 0 heterocycles. The Balaban J connectivity index is 5.08. The second-order valence-electron chi connectivity index (χ2n) is 3.09. The Morgan fingerprint density at radius 1 is 1.23 bits per heavy atom. The van der Waals surface area contributed by atoms with E-state index in [2.05, 4.69) is 11.6 Å². The van der Waals surface area contributed by atoms with Gasteiger partial charge in [-0.1, -0.05) is 18.2 Å². The summed E-state index contributed by atoms with van der Waals surface area (Å²) < 4.78 is 0. The van der Waals surface area contributed by atoms with E-state index in [4.69, 9.17) is 11.6 Å². The van der Waals surface area contributed by atoms with Gasteiger partial charge in [0.1, 0.15) is 10.9 Å². The number of nitrogens with zero attached hydrogens (tertiary/aromatic N) is 1. The lowest BCUT2D eigenvalue weighted by molar-refractivity contribution is -0.111. The summed E-state index contributed by atoms with van der Waals surface area (Å²) in [6, 6.07) is 0. The Bertz CT molecular complexity index is 280. The first-order valence-corrected chi connectivity index (χ1v) is 4.32. The molecule has 0 fully saturated rings. The van der Waals surface area contributed by atoms with Gasteiger partial charge in [0.15, 0.2) is 5.78 Å². The van der Waals surface area contributed by atoms with Crippen LogP contribution in [0.4, 0.5) is 0 Å². The minimum Gasteiger partial charge on any atom is -0.293 e. The van der Waals surface area contributed by atoms with Gasteiger partial charge in [0.25, 0.3) is 0 Å². The molecule has 0 aromatic carbocycles. The molecular formula is C10H14ClNO. The Morgan fingerprint density at radius 3 is 1.92 bits per heavy atom. The highest BCUT2D eigenvalue weighted by Gasteiger charge is 2.07. The summed E-state index contributed by atoms with van der Waals surface area (Å²) in [6.45, 7) is 10.5. The highest BCUT2D eigenvalue weighted by atomic mass is 35.5. The lowest BCUT2D eigenvalue weighted by Crippen LogP contribution is -2.10. The fourth-order valence-electron chi connectivity index (χ4n) is 0.685. The van der Waals surface area contributed by atoms with Crippen LogP contribution in [0.2, 0.25) is 0 Å². The Morgan fingerprint density at radius 2 is 1.69 bits per heavy atom. The second-order valence-corrected chi connectivity index (χ2v) is 3.45. The molecule has 0 aliphatic rings. The SMILES string of the molecule is C=C(C)/C(=N\C(Cl)=C(C)C)C(C)=O. The lowest BCUT2D eigenvalue weighted by atomic mass is 10.1. The molecule has 0 saturated carbocycles. The van der Waals surface area contributed by atoms with E-state index in [0.717, 1.165) is 5.57 Å². The first-order valence-electron chi connectivity index (χ1n) is 3.94. The third-order valence-corrected chi connectivity index (χ3v) is 1.82. The molecule has 0 radical (unpaired) electrons. The van der Waals surface area contributed by atoms with Crippen LogP contribution in [0.1, 0.15) is 27.7 Å². The highest BCUT2D eigenvalue weighted by Crippen LogP contribution is 2.12. The number of ketones is 1. The molecule has 0 bridgehead atoms. The standard InChI is InChI=1S/C10H14ClNO/c1-6(2)9(8(5)13)12-10(11)7(3)4/h1H2,2-5H3/b12-9+. The molecule has 72 valence electrons. The van der Waals surface area contributed by atoms with Crippen LogP contribution in [0.3, 0.4) is 0 Å². The summed E-state index contributed by atoms with van der Waals surface area (Å²) >= 11 is 5.80. The Hall–Kier alpha value is -0.890. The zero-order valence-corrected chi connectivity index (χ0v) is 9.20. The lowest BCUT2D eigenvalue weighted by Gasteiger charge is -2.01. The molecule has 0 aliphatic heterocycles. The van der Waals surface area contributed by atoms with E-state index in [-0.39, 0.29) is 5.78 Å². The van der Waals surface area contributed by atoms with Crippen LogP contribution in [0.15, 0.2) is 27.9 Å². The molecular weight excluding hydrogens is 186 g/mol. The van der Waals surface area contributed by atoms with Gasteiger partial charge in [0.05, 0.1) is 0 Å². The summed E-state index contributed by atoms with van der Waals surface area (Å²) in [7, 11) is 0. The van der Waals surface area contributed by atoms with Crippen LogP contribution < -0.4 is 0 Å². The van der Waals surface area contributed by atoms with Crippen molar-refractivity contribution in [1.29, 1.82) is 0 Å². The molecule has 0 N–H and O–H groups in total. The molecule has 0 rings (SSSR count). The molecule has 13 heavy (non-hydrogen) atoms. The average Bonchev–Trinajstić information content (AvgIpc) is 1.97. The molecule has 0 unspecified atom stereocenters. The van der Waals surface area contributed by atoms with Gasteiger partial charge in [-0.25, -0.2) is 4.99 Å². The van der Waals surface area contributed by atoms with Gasteiger partial charge >= 0.3 is 0 Å². The molecule has 0 aliphatic carbocycles. The van der Waals surface area contributed by atoms with Crippen LogP contribution >= 0.6 is 11.6 Å². The van der Waals surface area contributed by atoms with E-state index in [0.29, 0.717) is 16.4 Å². The summed E-state index contributed by atoms with van der Waals surface area (Å²) in [5, 5.41) is 0.355. The van der Waals surface area contributed by atoms with Crippen molar-refractivity contribution in [3.63, 3.8) is 0 Å². The number of carbonyl (C=O) groups is 1. The normalized spacial score (nSPS) is 11.0. The zero-order chi connectivity index (χ0) is 10.6. The van der Waals surface area contributed by atoms with Crippen molar-refractivity contribution in [3.05, 3.63) is 22.9 Å². The van der Waals surface area contributed by atoms with E-state index >= 15 is 0 Å². The van der Waals surface area contributed by atoms with E-state index in [1.807, 2.05) is 13.8 Å². The van der Waals surface area contributed by atoms with Gasteiger partial charge in [-0.2, -0.15) is 0 Å². The average molecular weight is 200 g/mol. The summed E-state index contributed by atoms with van der Waals surface area (Å²) in [5.41, 5.74) is 1.85. The maximum Gasteiger partial charge on any atom is 0.178 e. The second kappa shape index (κ2) is 4.97. The van der Waals surface area contributed by atoms with Crippen molar-refractivity contribution in [2.75, 3.05) is 0 Å². The molecule has 0 atom stereocenters. The summed E-state index contributed by atoms with van der Waals surface area (Å²) in [6.07, 6.45) is 0. The number of aliphatic imine (C=N–C) groups is 1. The quantitative estimate of drug-likeness (QED) is 0.508. The smallest absolute Gasteiger partial charge is 0.178 e. The van der Waals surface area contributed by atoms with E-state index in [9.17, 15) is 4.79 Å². The molecule has 0 aromatic heterocycles. The molecule has 0 aromatic rings. The molecule has 0 amide bonds. The third kappa shape index (κ3) is 4.04. The minimum atomic E-state index is -0.119. The van der Waals surface area contributed by atoms with Gasteiger partial charge in [-0.3, -0.25) is 4.79 Å². The summed E-state index contributed by atoms with van der Waals surface area (Å²) in [5.74, 6) is -0.119. The molecule has 3 heteroatoms. The number of hydrogen-bond acceptors (Lipinski definition) is 2. The van der Waals surface area contributed by atoms with Gasteiger partial charge < -0.3 is 0 Å². The van der Waals surface area contributed by atoms with Crippen LogP contribution in [0, 0.1) is 0 Å². The van der Waals surface area contributed by atoms with Crippen LogP contribution in [-0.4, -0.2) is 11.5 Å². The van der Waals surface area contributed by atoms with Crippen molar-refractivity contribution in [3.8, 4) is 0 Å². The Labute approximate surface area is 84.0 Å². The zero-order valence-electron chi connectivity index (χ0n) is 8.44. The number of Topliss-reactive ketones (excluding diaryl/α,β-unsaturated/α-hetero) is 1. The van der Waals surface area contributed by atoms with Crippen molar-refractivity contribution < 1.29 is 4.79 Å². The first kappa shape index (κ1) is 12.1. The van der Waals surface area contributed by atoms with E-state index in [1.54, 1.807) is 6.92 Å². The van der Waals surface area contributed by atoms with Gasteiger partial charge in [0.2, 0.25) is 0 Å². The van der Waals surface area contributed by atoms with Gasteiger partial charge in [-0.05, 0) is 31.9 Å². The maximum absolute atomic E-state index is 11.1. The van der Waals surface area contributed by atoms with Crippen LogP contribution in [0.25, 0.3) is 0 Å². The monoisotopic (exact) mass is 199 g/mol. The predicted octanol–water partition coefficient (Wildman–Crippen LogP) is 3.08. The van der Waals surface area contributed by atoms with Crippen LogP contribution in [0.5, 0.6) is 0 Å². The number of rotatable bonds is 3. The third-order valence-electron chi connectivity index (χ3n) is 1.36. The van der Waals surface area contributed by atoms with E-state index in [1.165, 1.54) is 6.92 Å². The largest absolute Gasteiger partial charge is 0.293 e. The fraction of sp³-hybridized carbons (Fsp3) is 0.400. The van der Waals surface area contributed by atoms with Gasteiger partial charge in [0, 0.05) is 6.92 Å². The van der Waals surface area contributed by atoms with Crippen molar-refractivity contribution in [2.24, 2.45) is 4.99 Å². The molecule has 0 saturated heterocycles. The minimum absolute atomic E-state index is 0.119. The van der Waals surface area contributed by atoms with Gasteiger partial charge in [-0.15, -0.1) is 0 Å². The number of carbonyl (C=O) groups excluding carboxylic acids is 1. The van der Waals surface area contributed by atoms with Crippen molar-refractivity contribution >= 4 is 23.1 Å². The molecule has 2 nitrogen and oxygen atoms in total. The van der Waals surface area contributed by atoms with Crippen molar-refractivity contribution in [1.82, 2.24) is 0 Å². The van der Waals surface area contributed by atoms with E-state index < -0.39 is 0 Å².